The van der Waals surface area contributed by atoms with Crippen LogP contribution < -0.4 is 5.32 Å². The minimum absolute atomic E-state index is 0.309. The maximum atomic E-state index is 10.5. The van der Waals surface area contributed by atoms with Crippen molar-refractivity contribution in [1.29, 1.82) is 0 Å². The van der Waals surface area contributed by atoms with Gasteiger partial charge in [-0.2, -0.15) is 0 Å². The first kappa shape index (κ1) is 12.7. The number of hydrogen-bond acceptors (Lipinski definition) is 2. The lowest BCUT2D eigenvalue weighted by Gasteiger charge is -2.07. The monoisotopic (exact) mass is 221 g/mol. The third-order valence-electron chi connectivity index (χ3n) is 2.53. The first-order valence-electron chi connectivity index (χ1n) is 5.67. The van der Waals surface area contributed by atoms with Crippen LogP contribution in [0.25, 0.3) is 0 Å². The largest absolute Gasteiger partial charge is 0.481 e. The number of carbonyl (C=O) groups is 1. The van der Waals surface area contributed by atoms with Gasteiger partial charge in [-0.15, -0.1) is 0 Å². The van der Waals surface area contributed by atoms with E-state index in [1.165, 1.54) is 5.56 Å². The molecule has 2 N–H and O–H groups in total. The molecule has 0 saturated carbocycles. The highest BCUT2D eigenvalue weighted by Crippen LogP contribution is 2.01. The van der Waals surface area contributed by atoms with E-state index in [-0.39, 0.29) is 5.92 Å². The number of carboxylic acid groups (broad SMARTS) is 1. The summed E-state index contributed by atoms with van der Waals surface area (Å²) in [6.45, 7) is 3.13. The van der Waals surface area contributed by atoms with Crippen LogP contribution in [0.15, 0.2) is 30.3 Å². The summed E-state index contributed by atoms with van der Waals surface area (Å²) in [5.74, 6) is -1.05. The minimum Gasteiger partial charge on any atom is -0.481 e. The van der Waals surface area contributed by atoms with Crippen molar-refractivity contribution in [2.24, 2.45) is 5.92 Å². The third kappa shape index (κ3) is 4.94. The number of aliphatic carboxylic acids is 1. The highest BCUT2D eigenvalue weighted by molar-refractivity contribution is 5.69. The van der Waals surface area contributed by atoms with Crippen LogP contribution in [0.3, 0.4) is 0 Å². The van der Waals surface area contributed by atoms with Gasteiger partial charge in [0.25, 0.3) is 0 Å². The van der Waals surface area contributed by atoms with Gasteiger partial charge < -0.3 is 10.4 Å². The summed E-state index contributed by atoms with van der Waals surface area (Å²) in [5.41, 5.74) is 1.33. The Bertz CT molecular complexity index is 311. The molecule has 0 amide bonds. The van der Waals surface area contributed by atoms with Gasteiger partial charge in [0.15, 0.2) is 0 Å². The smallest absolute Gasteiger partial charge is 0.307 e. The molecule has 0 aromatic heterocycles. The zero-order chi connectivity index (χ0) is 11.8. The zero-order valence-corrected chi connectivity index (χ0v) is 9.65. The van der Waals surface area contributed by atoms with Crippen LogP contribution in [0.2, 0.25) is 0 Å². The van der Waals surface area contributed by atoms with E-state index in [4.69, 9.17) is 5.11 Å². The van der Waals surface area contributed by atoms with Crippen LogP contribution in [0, 0.1) is 5.92 Å². The molecule has 1 rings (SSSR count). The molecule has 0 saturated heterocycles. The van der Waals surface area contributed by atoms with E-state index in [2.05, 4.69) is 17.4 Å². The number of rotatable bonds is 7. The van der Waals surface area contributed by atoms with Crippen molar-refractivity contribution in [3.05, 3.63) is 35.9 Å². The maximum absolute atomic E-state index is 10.5. The normalized spacial score (nSPS) is 12.3. The van der Waals surface area contributed by atoms with E-state index in [1.807, 2.05) is 18.2 Å². The fourth-order valence-electron chi connectivity index (χ4n) is 1.47. The predicted octanol–water partition coefficient (Wildman–Crippen LogP) is 1.93. The van der Waals surface area contributed by atoms with Crippen LogP contribution in [-0.2, 0) is 11.2 Å². The van der Waals surface area contributed by atoms with Crippen molar-refractivity contribution >= 4 is 5.97 Å². The summed E-state index contributed by atoms with van der Waals surface area (Å²) >= 11 is 0. The molecule has 0 radical (unpaired) electrons. The number of carboxylic acids is 1. The zero-order valence-electron chi connectivity index (χ0n) is 9.65. The Kier molecular flexibility index (Phi) is 5.57. The Balaban J connectivity index is 2.07. The second kappa shape index (κ2) is 7.01. The molecular weight excluding hydrogens is 202 g/mol. The Hall–Kier alpha value is -1.35. The van der Waals surface area contributed by atoms with E-state index < -0.39 is 5.97 Å². The molecule has 16 heavy (non-hydrogen) atoms. The highest BCUT2D eigenvalue weighted by atomic mass is 16.4. The Morgan fingerprint density at radius 2 is 2.06 bits per heavy atom. The summed E-state index contributed by atoms with van der Waals surface area (Å²) in [5, 5.41) is 11.8. The van der Waals surface area contributed by atoms with E-state index >= 15 is 0 Å². The lowest BCUT2D eigenvalue weighted by molar-refractivity contribution is -0.140. The molecule has 1 aromatic carbocycles. The lowest BCUT2D eigenvalue weighted by atomic mass is 10.1. The molecule has 0 aliphatic rings. The predicted molar refractivity (Wildman–Crippen MR) is 64.4 cm³/mol. The van der Waals surface area contributed by atoms with Gasteiger partial charge in [0.1, 0.15) is 0 Å². The Morgan fingerprint density at radius 3 is 2.69 bits per heavy atom. The van der Waals surface area contributed by atoms with Crippen LogP contribution in [0.4, 0.5) is 0 Å². The third-order valence-corrected chi connectivity index (χ3v) is 2.53. The van der Waals surface area contributed by atoms with E-state index in [9.17, 15) is 4.79 Å². The quantitative estimate of drug-likeness (QED) is 0.692. The fourth-order valence-corrected chi connectivity index (χ4v) is 1.47. The van der Waals surface area contributed by atoms with Crippen LogP contribution >= 0.6 is 0 Å². The number of nitrogens with one attached hydrogen (secondary N) is 1. The maximum Gasteiger partial charge on any atom is 0.307 e. The second-order valence-corrected chi connectivity index (χ2v) is 4.03. The van der Waals surface area contributed by atoms with Crippen molar-refractivity contribution in [1.82, 2.24) is 5.32 Å². The fraction of sp³-hybridized carbons (Fsp3) is 0.462. The Morgan fingerprint density at radius 1 is 1.38 bits per heavy atom. The van der Waals surface area contributed by atoms with E-state index in [0.717, 1.165) is 19.4 Å². The van der Waals surface area contributed by atoms with Crippen LogP contribution in [0.5, 0.6) is 0 Å². The summed E-state index contributed by atoms with van der Waals surface area (Å²) in [4.78, 5) is 10.5. The first-order valence-corrected chi connectivity index (χ1v) is 5.67. The molecule has 1 aromatic rings. The van der Waals surface area contributed by atoms with Crippen molar-refractivity contribution in [3.8, 4) is 0 Å². The van der Waals surface area contributed by atoms with Crippen molar-refractivity contribution < 1.29 is 9.90 Å². The number of benzene rings is 1. The van der Waals surface area contributed by atoms with Crippen LogP contribution in [0.1, 0.15) is 18.9 Å². The van der Waals surface area contributed by atoms with E-state index in [0.29, 0.717) is 6.54 Å². The minimum atomic E-state index is -0.740. The van der Waals surface area contributed by atoms with Gasteiger partial charge in [-0.3, -0.25) is 4.79 Å². The van der Waals surface area contributed by atoms with Crippen molar-refractivity contribution in [2.45, 2.75) is 19.8 Å². The number of aryl methyl sites for hydroxylation is 1. The first-order chi connectivity index (χ1) is 7.70. The van der Waals surface area contributed by atoms with Gasteiger partial charge in [-0.1, -0.05) is 37.3 Å². The molecule has 0 fully saturated rings. The molecule has 3 nitrogen and oxygen atoms in total. The molecule has 0 spiro atoms. The molecule has 0 aliphatic heterocycles. The molecule has 88 valence electrons. The van der Waals surface area contributed by atoms with Crippen molar-refractivity contribution in [3.63, 3.8) is 0 Å². The SMILES string of the molecule is CC(CNCCCc1ccccc1)C(=O)O. The topological polar surface area (TPSA) is 49.3 Å². The summed E-state index contributed by atoms with van der Waals surface area (Å²) in [7, 11) is 0. The lowest BCUT2D eigenvalue weighted by Crippen LogP contribution is -2.27. The van der Waals surface area contributed by atoms with Gasteiger partial charge in [0.05, 0.1) is 5.92 Å². The Labute approximate surface area is 96.5 Å². The average Bonchev–Trinajstić information content (AvgIpc) is 2.29. The molecular formula is C13H19NO2. The van der Waals surface area contributed by atoms with Gasteiger partial charge in [0.2, 0.25) is 0 Å². The molecule has 1 atom stereocenters. The van der Waals surface area contributed by atoms with Crippen molar-refractivity contribution in [2.75, 3.05) is 13.1 Å². The number of hydrogen-bond donors (Lipinski definition) is 2. The molecule has 0 heterocycles. The molecule has 0 bridgehead atoms. The highest BCUT2D eigenvalue weighted by Gasteiger charge is 2.08. The van der Waals surface area contributed by atoms with Gasteiger partial charge in [-0.25, -0.2) is 0 Å². The average molecular weight is 221 g/mol. The van der Waals surface area contributed by atoms with Gasteiger partial charge in [0, 0.05) is 6.54 Å². The summed E-state index contributed by atoms with van der Waals surface area (Å²) in [6, 6.07) is 10.3. The standard InChI is InChI=1S/C13H19NO2/c1-11(13(15)16)10-14-9-5-8-12-6-3-2-4-7-12/h2-4,6-7,11,14H,5,8-10H2,1H3,(H,15,16). The summed E-state index contributed by atoms with van der Waals surface area (Å²) in [6.07, 6.45) is 2.08. The summed E-state index contributed by atoms with van der Waals surface area (Å²) < 4.78 is 0. The molecule has 0 aliphatic carbocycles. The van der Waals surface area contributed by atoms with Crippen LogP contribution in [-0.4, -0.2) is 24.2 Å². The molecule has 1 unspecified atom stereocenters. The van der Waals surface area contributed by atoms with Gasteiger partial charge in [-0.05, 0) is 24.9 Å². The van der Waals surface area contributed by atoms with E-state index in [1.54, 1.807) is 6.92 Å². The van der Waals surface area contributed by atoms with Gasteiger partial charge >= 0.3 is 5.97 Å². The molecule has 3 heteroatoms. The second-order valence-electron chi connectivity index (χ2n) is 4.03.